The van der Waals surface area contributed by atoms with Crippen LogP contribution in [0.3, 0.4) is 0 Å². The highest BCUT2D eigenvalue weighted by atomic mass is 32.2. The van der Waals surface area contributed by atoms with Crippen LogP contribution in [0.5, 0.6) is 0 Å². The zero-order valence-corrected chi connectivity index (χ0v) is 12.1. The molecule has 2 aromatic carbocycles. The third-order valence-corrected chi connectivity index (χ3v) is 3.84. The summed E-state index contributed by atoms with van der Waals surface area (Å²) >= 11 is 0. The summed E-state index contributed by atoms with van der Waals surface area (Å²) in [6.07, 6.45) is -0.231. The van der Waals surface area contributed by atoms with Gasteiger partial charge in [-0.2, -0.15) is 0 Å². The summed E-state index contributed by atoms with van der Waals surface area (Å²) in [5.74, 6) is -0.700. The molecule has 0 aromatic heterocycles. The first-order valence-electron chi connectivity index (χ1n) is 6.13. The Bertz CT molecular complexity index is 828. The maximum absolute atomic E-state index is 11.7. The van der Waals surface area contributed by atoms with Gasteiger partial charge in [0.25, 0.3) is 0 Å². The second-order valence-corrected chi connectivity index (χ2v) is 6.16. The smallest absolute Gasteiger partial charge is 0.238 e. The Morgan fingerprint density at radius 1 is 1.10 bits per heavy atom. The molecular weight excluding hydrogens is 292 g/mol. The lowest BCUT2D eigenvalue weighted by Gasteiger charge is -2.11. The van der Waals surface area contributed by atoms with E-state index in [1.54, 1.807) is 24.3 Å². The van der Waals surface area contributed by atoms with Crippen molar-refractivity contribution in [1.82, 2.24) is 0 Å². The van der Waals surface area contributed by atoms with Gasteiger partial charge in [0.15, 0.2) is 0 Å². The molecule has 0 saturated heterocycles. The average molecular weight is 306 g/mol. The van der Waals surface area contributed by atoms with Gasteiger partial charge in [0.1, 0.15) is 5.78 Å². The van der Waals surface area contributed by atoms with Crippen molar-refractivity contribution >= 4 is 38.2 Å². The van der Waals surface area contributed by atoms with Gasteiger partial charge in [-0.05, 0) is 19.1 Å². The largest absolute Gasteiger partial charge is 0.325 e. The highest BCUT2D eigenvalue weighted by Crippen LogP contribution is 2.28. The maximum atomic E-state index is 11.7. The van der Waals surface area contributed by atoms with Crippen molar-refractivity contribution in [2.45, 2.75) is 18.2 Å². The van der Waals surface area contributed by atoms with Gasteiger partial charge in [-0.3, -0.25) is 9.59 Å². The molecule has 0 fully saturated rings. The molecule has 7 heteroatoms. The normalized spacial score (nSPS) is 11.3. The van der Waals surface area contributed by atoms with Crippen LogP contribution in [0.4, 0.5) is 5.69 Å². The minimum atomic E-state index is -3.86. The topological polar surface area (TPSA) is 106 Å². The molecule has 110 valence electrons. The van der Waals surface area contributed by atoms with Crippen LogP contribution in [0.15, 0.2) is 41.3 Å². The highest BCUT2D eigenvalue weighted by Gasteiger charge is 2.15. The number of hydrogen-bond acceptors (Lipinski definition) is 4. The van der Waals surface area contributed by atoms with E-state index in [0.717, 1.165) is 0 Å². The lowest BCUT2D eigenvalue weighted by Crippen LogP contribution is -2.16. The van der Waals surface area contributed by atoms with Gasteiger partial charge in [-0.25, -0.2) is 13.6 Å². The van der Waals surface area contributed by atoms with Gasteiger partial charge >= 0.3 is 0 Å². The number of carbonyl (C=O) groups is 2. The van der Waals surface area contributed by atoms with Gasteiger partial charge in [0, 0.05) is 16.5 Å². The second kappa shape index (κ2) is 5.63. The Hall–Kier alpha value is -2.25. The van der Waals surface area contributed by atoms with Crippen LogP contribution in [0.1, 0.15) is 13.3 Å². The summed E-state index contributed by atoms with van der Waals surface area (Å²) in [6, 6.07) is 9.47. The van der Waals surface area contributed by atoms with E-state index in [0.29, 0.717) is 16.5 Å². The van der Waals surface area contributed by atoms with E-state index in [-0.39, 0.29) is 17.1 Å². The van der Waals surface area contributed by atoms with Gasteiger partial charge in [0.2, 0.25) is 15.9 Å². The number of Topliss-reactive ketones (excluding diaryl/α,β-unsaturated/α-hetero) is 1. The average Bonchev–Trinajstić information content (AvgIpc) is 2.36. The lowest BCUT2D eigenvalue weighted by molar-refractivity contribution is -0.124. The van der Waals surface area contributed by atoms with Crippen molar-refractivity contribution in [2.24, 2.45) is 5.14 Å². The van der Waals surface area contributed by atoms with Crippen molar-refractivity contribution < 1.29 is 18.0 Å². The number of nitrogens with one attached hydrogen (secondary N) is 1. The molecule has 3 N–H and O–H groups in total. The molecule has 0 saturated carbocycles. The van der Waals surface area contributed by atoms with Crippen LogP contribution in [0.25, 0.3) is 10.8 Å². The third-order valence-electron chi connectivity index (χ3n) is 2.87. The molecule has 21 heavy (non-hydrogen) atoms. The first-order valence-corrected chi connectivity index (χ1v) is 7.67. The summed E-state index contributed by atoms with van der Waals surface area (Å²) in [4.78, 5) is 22.6. The van der Waals surface area contributed by atoms with Crippen molar-refractivity contribution in [3.8, 4) is 0 Å². The van der Waals surface area contributed by atoms with Crippen LogP contribution in [-0.4, -0.2) is 20.1 Å². The van der Waals surface area contributed by atoms with E-state index < -0.39 is 15.9 Å². The molecule has 0 atom stereocenters. The summed E-state index contributed by atoms with van der Waals surface area (Å²) in [7, 11) is -3.86. The number of sulfonamides is 1. The molecule has 0 aliphatic rings. The van der Waals surface area contributed by atoms with Crippen LogP contribution >= 0.6 is 0 Å². The lowest BCUT2D eigenvalue weighted by atomic mass is 10.1. The third kappa shape index (κ3) is 3.45. The van der Waals surface area contributed by atoms with Crippen LogP contribution in [0, 0.1) is 0 Å². The predicted molar refractivity (Wildman–Crippen MR) is 79.2 cm³/mol. The number of carbonyl (C=O) groups excluding carboxylic acids is 2. The molecule has 0 spiro atoms. The number of anilines is 1. The first-order chi connectivity index (χ1) is 9.79. The van der Waals surface area contributed by atoms with Crippen molar-refractivity contribution in [1.29, 1.82) is 0 Å². The number of rotatable bonds is 4. The zero-order valence-electron chi connectivity index (χ0n) is 11.3. The number of amides is 1. The van der Waals surface area contributed by atoms with E-state index in [4.69, 9.17) is 5.14 Å². The minimum absolute atomic E-state index is 0.0114. The van der Waals surface area contributed by atoms with Crippen LogP contribution < -0.4 is 10.5 Å². The highest BCUT2D eigenvalue weighted by molar-refractivity contribution is 7.89. The number of fused-ring (bicyclic) bond motifs is 1. The molecule has 0 bridgehead atoms. The number of hydrogen-bond donors (Lipinski definition) is 2. The Kier molecular flexibility index (Phi) is 4.06. The second-order valence-electron chi connectivity index (χ2n) is 4.63. The molecule has 1 amide bonds. The van der Waals surface area contributed by atoms with Gasteiger partial charge < -0.3 is 5.32 Å². The SMILES string of the molecule is CC(=O)CC(=O)Nc1ccc(S(N)(=O)=O)c2ccccc12. The van der Waals surface area contributed by atoms with Crippen molar-refractivity contribution in [3.63, 3.8) is 0 Å². The fourth-order valence-electron chi connectivity index (χ4n) is 2.05. The van der Waals surface area contributed by atoms with Gasteiger partial charge in [0.05, 0.1) is 11.3 Å². The number of ketones is 1. The van der Waals surface area contributed by atoms with Crippen molar-refractivity contribution in [3.05, 3.63) is 36.4 Å². The molecule has 0 aliphatic carbocycles. The number of nitrogens with two attached hydrogens (primary N) is 1. The Balaban J connectivity index is 2.53. The number of benzene rings is 2. The Labute approximate surface area is 122 Å². The monoisotopic (exact) mass is 306 g/mol. The Morgan fingerprint density at radius 3 is 2.29 bits per heavy atom. The van der Waals surface area contributed by atoms with Gasteiger partial charge in [-0.1, -0.05) is 24.3 Å². The standard InChI is InChI=1S/C14H14N2O4S/c1-9(17)8-14(18)16-12-6-7-13(21(15,19)20)11-5-3-2-4-10(11)12/h2-7H,8H2,1H3,(H,16,18)(H2,15,19,20). The Morgan fingerprint density at radius 2 is 1.71 bits per heavy atom. The van der Waals surface area contributed by atoms with E-state index in [1.165, 1.54) is 19.1 Å². The molecule has 6 nitrogen and oxygen atoms in total. The zero-order chi connectivity index (χ0) is 15.6. The molecule has 2 rings (SSSR count). The number of primary sulfonamides is 1. The van der Waals surface area contributed by atoms with Crippen LogP contribution in [-0.2, 0) is 19.6 Å². The predicted octanol–water partition coefficient (Wildman–Crippen LogP) is 1.40. The van der Waals surface area contributed by atoms with E-state index in [9.17, 15) is 18.0 Å². The fourth-order valence-corrected chi connectivity index (χ4v) is 2.79. The molecular formula is C14H14N2O4S. The first kappa shape index (κ1) is 15.1. The fraction of sp³-hybridized carbons (Fsp3) is 0.143. The van der Waals surface area contributed by atoms with Gasteiger partial charge in [-0.15, -0.1) is 0 Å². The van der Waals surface area contributed by atoms with Crippen LogP contribution in [0.2, 0.25) is 0 Å². The maximum Gasteiger partial charge on any atom is 0.238 e. The molecule has 0 radical (unpaired) electrons. The quantitative estimate of drug-likeness (QED) is 0.833. The summed E-state index contributed by atoms with van der Waals surface area (Å²) in [5.41, 5.74) is 0.434. The molecule has 2 aromatic rings. The van der Waals surface area contributed by atoms with E-state index in [1.807, 2.05) is 0 Å². The summed E-state index contributed by atoms with van der Waals surface area (Å²) in [6.45, 7) is 1.32. The molecule has 0 unspecified atom stereocenters. The summed E-state index contributed by atoms with van der Waals surface area (Å²) in [5, 5.41) is 8.74. The van der Waals surface area contributed by atoms with E-state index in [2.05, 4.69) is 5.32 Å². The van der Waals surface area contributed by atoms with Crippen molar-refractivity contribution in [2.75, 3.05) is 5.32 Å². The summed E-state index contributed by atoms with van der Waals surface area (Å²) < 4.78 is 23.1. The molecule has 0 aliphatic heterocycles. The molecule has 0 heterocycles. The van der Waals surface area contributed by atoms with E-state index >= 15 is 0 Å². The minimum Gasteiger partial charge on any atom is -0.325 e.